The van der Waals surface area contributed by atoms with Gasteiger partial charge in [-0.05, 0) is 18.1 Å². The molecule has 0 aliphatic carbocycles. The first-order valence-corrected chi connectivity index (χ1v) is 6.88. The van der Waals surface area contributed by atoms with Gasteiger partial charge >= 0.3 is 0 Å². The Balaban J connectivity index is 2.17. The van der Waals surface area contributed by atoms with Gasteiger partial charge in [-0.25, -0.2) is 8.42 Å². The van der Waals surface area contributed by atoms with Crippen molar-refractivity contribution in [2.24, 2.45) is 0 Å². The van der Waals surface area contributed by atoms with Gasteiger partial charge in [0.1, 0.15) is 5.82 Å². The number of aromatic amines is 1. The maximum Gasteiger partial charge on any atom is 0.178 e. The highest BCUT2D eigenvalue weighted by molar-refractivity contribution is 7.91. The largest absolute Gasteiger partial charge is 0.382 e. The number of sulfone groups is 1. The van der Waals surface area contributed by atoms with Crippen molar-refractivity contribution < 1.29 is 8.42 Å². The minimum atomic E-state index is -3.09. The molecule has 0 saturated heterocycles. The lowest BCUT2D eigenvalue weighted by molar-refractivity contribution is 0.600. The zero-order valence-electron chi connectivity index (χ0n) is 8.97. The molecule has 3 rings (SSSR count). The van der Waals surface area contributed by atoms with Gasteiger partial charge in [-0.2, -0.15) is 5.10 Å². The zero-order chi connectivity index (χ0) is 12.0. The van der Waals surface area contributed by atoms with Crippen LogP contribution in [0.5, 0.6) is 0 Å². The standard InChI is InChI=1S/C11H11N3O2S/c12-11-6-9(13-14-11)8-2-1-7-3-4-17(15,16)10(7)5-8/h1-2,5-6H,3-4H2,(H3,12,13,14). The molecule has 0 fully saturated rings. The lowest BCUT2D eigenvalue weighted by atomic mass is 10.1. The van der Waals surface area contributed by atoms with Crippen molar-refractivity contribution in [3.05, 3.63) is 29.8 Å². The van der Waals surface area contributed by atoms with Crippen LogP contribution in [-0.2, 0) is 16.3 Å². The summed E-state index contributed by atoms with van der Waals surface area (Å²) in [4.78, 5) is 0.433. The van der Waals surface area contributed by atoms with Gasteiger partial charge in [-0.15, -0.1) is 0 Å². The number of rotatable bonds is 1. The number of fused-ring (bicyclic) bond motifs is 1. The number of nitrogens with two attached hydrogens (primary N) is 1. The Labute approximate surface area is 98.6 Å². The Hall–Kier alpha value is -1.82. The first kappa shape index (κ1) is 10.3. The van der Waals surface area contributed by atoms with Crippen molar-refractivity contribution in [2.75, 3.05) is 11.5 Å². The number of nitrogen functional groups attached to an aromatic ring is 1. The monoisotopic (exact) mass is 249 g/mol. The summed E-state index contributed by atoms with van der Waals surface area (Å²) in [6, 6.07) is 7.10. The third kappa shape index (κ3) is 1.61. The van der Waals surface area contributed by atoms with E-state index in [1.54, 1.807) is 12.1 Å². The van der Waals surface area contributed by atoms with Gasteiger partial charge in [0, 0.05) is 11.6 Å². The van der Waals surface area contributed by atoms with Crippen molar-refractivity contribution in [2.45, 2.75) is 11.3 Å². The molecule has 0 amide bonds. The Bertz CT molecular complexity index is 688. The van der Waals surface area contributed by atoms with E-state index in [1.165, 1.54) is 0 Å². The summed E-state index contributed by atoms with van der Waals surface area (Å²) in [5.74, 6) is 0.597. The normalized spacial score (nSPS) is 16.9. The number of benzene rings is 1. The lowest BCUT2D eigenvalue weighted by Gasteiger charge is -2.01. The Morgan fingerprint density at radius 3 is 2.82 bits per heavy atom. The fraction of sp³-hybridized carbons (Fsp3) is 0.182. The molecule has 1 aliphatic rings. The van der Waals surface area contributed by atoms with E-state index < -0.39 is 9.84 Å². The molecule has 1 aromatic carbocycles. The van der Waals surface area contributed by atoms with E-state index in [0.717, 1.165) is 16.8 Å². The average molecular weight is 249 g/mol. The van der Waals surface area contributed by atoms with E-state index in [4.69, 9.17) is 5.73 Å². The van der Waals surface area contributed by atoms with E-state index >= 15 is 0 Å². The molecule has 1 aliphatic heterocycles. The van der Waals surface area contributed by atoms with E-state index in [1.807, 2.05) is 12.1 Å². The van der Waals surface area contributed by atoms with Gasteiger partial charge < -0.3 is 5.73 Å². The van der Waals surface area contributed by atoms with Crippen LogP contribution in [0.4, 0.5) is 5.82 Å². The second-order valence-corrected chi connectivity index (χ2v) is 6.18. The Morgan fingerprint density at radius 2 is 2.12 bits per heavy atom. The maximum atomic E-state index is 11.8. The molecule has 0 spiro atoms. The number of nitrogens with zero attached hydrogens (tertiary/aromatic N) is 1. The first-order chi connectivity index (χ1) is 8.06. The molecular formula is C11H11N3O2S. The van der Waals surface area contributed by atoms with Gasteiger partial charge in [0.25, 0.3) is 0 Å². The third-order valence-electron chi connectivity index (χ3n) is 2.95. The van der Waals surface area contributed by atoms with Crippen LogP contribution < -0.4 is 5.73 Å². The van der Waals surface area contributed by atoms with E-state index in [0.29, 0.717) is 17.1 Å². The first-order valence-electron chi connectivity index (χ1n) is 5.23. The lowest BCUT2D eigenvalue weighted by Crippen LogP contribution is -1.98. The fourth-order valence-corrected chi connectivity index (χ4v) is 3.64. The van der Waals surface area contributed by atoms with Crippen LogP contribution in [-0.4, -0.2) is 24.4 Å². The van der Waals surface area contributed by atoms with Gasteiger partial charge in [0.15, 0.2) is 9.84 Å². The molecule has 1 aromatic heterocycles. The van der Waals surface area contributed by atoms with E-state index in [2.05, 4.69) is 10.2 Å². The SMILES string of the molecule is Nc1cc(-c2ccc3c(c2)S(=O)(=O)CC3)[nH]n1. The van der Waals surface area contributed by atoms with Crippen LogP contribution in [0.25, 0.3) is 11.3 Å². The minimum Gasteiger partial charge on any atom is -0.382 e. The van der Waals surface area contributed by atoms with Crippen LogP contribution in [0.15, 0.2) is 29.2 Å². The average Bonchev–Trinajstić information content (AvgIpc) is 2.84. The Kier molecular flexibility index (Phi) is 2.03. The van der Waals surface area contributed by atoms with Gasteiger partial charge in [-0.1, -0.05) is 12.1 Å². The molecule has 2 aromatic rings. The highest BCUT2D eigenvalue weighted by Crippen LogP contribution is 2.30. The quantitative estimate of drug-likeness (QED) is 0.788. The number of aryl methyl sites for hydroxylation is 1. The number of nitrogens with one attached hydrogen (secondary N) is 1. The van der Waals surface area contributed by atoms with Crippen LogP contribution in [0, 0.1) is 0 Å². The second kappa shape index (κ2) is 3.33. The molecule has 0 atom stereocenters. The Morgan fingerprint density at radius 1 is 1.29 bits per heavy atom. The molecule has 0 bridgehead atoms. The molecule has 5 nitrogen and oxygen atoms in total. The summed E-state index contributed by atoms with van der Waals surface area (Å²) in [7, 11) is -3.09. The van der Waals surface area contributed by atoms with Crippen LogP contribution in [0.3, 0.4) is 0 Å². The smallest absolute Gasteiger partial charge is 0.178 e. The topological polar surface area (TPSA) is 88.8 Å². The molecule has 2 heterocycles. The molecule has 0 radical (unpaired) electrons. The summed E-state index contributed by atoms with van der Waals surface area (Å²) in [5, 5.41) is 6.60. The van der Waals surface area contributed by atoms with E-state index in [9.17, 15) is 8.42 Å². The van der Waals surface area contributed by atoms with Crippen molar-refractivity contribution in [3.8, 4) is 11.3 Å². The maximum absolute atomic E-state index is 11.8. The third-order valence-corrected chi connectivity index (χ3v) is 4.74. The molecule has 17 heavy (non-hydrogen) atoms. The van der Waals surface area contributed by atoms with E-state index in [-0.39, 0.29) is 5.75 Å². The van der Waals surface area contributed by atoms with Gasteiger partial charge in [0.05, 0.1) is 16.3 Å². The minimum absolute atomic E-state index is 0.205. The van der Waals surface area contributed by atoms with Crippen molar-refractivity contribution >= 4 is 15.7 Å². The summed E-state index contributed by atoms with van der Waals surface area (Å²) in [5.41, 5.74) is 7.93. The van der Waals surface area contributed by atoms with Crippen LogP contribution in [0.2, 0.25) is 0 Å². The molecule has 0 unspecified atom stereocenters. The summed E-state index contributed by atoms with van der Waals surface area (Å²) in [6.07, 6.45) is 0.600. The van der Waals surface area contributed by atoms with Crippen molar-refractivity contribution in [1.82, 2.24) is 10.2 Å². The predicted molar refractivity (Wildman–Crippen MR) is 64.2 cm³/mol. The molecule has 0 saturated carbocycles. The molecular weight excluding hydrogens is 238 g/mol. The molecule has 88 valence electrons. The predicted octanol–water partition coefficient (Wildman–Crippen LogP) is 0.989. The number of hydrogen-bond acceptors (Lipinski definition) is 4. The number of anilines is 1. The second-order valence-electron chi connectivity index (χ2n) is 4.10. The van der Waals surface area contributed by atoms with Gasteiger partial charge in [-0.3, -0.25) is 5.10 Å². The number of hydrogen-bond donors (Lipinski definition) is 2. The van der Waals surface area contributed by atoms with Gasteiger partial charge in [0.2, 0.25) is 0 Å². The van der Waals surface area contributed by atoms with Crippen LogP contribution >= 0.6 is 0 Å². The summed E-state index contributed by atoms with van der Waals surface area (Å²) < 4.78 is 23.6. The molecule has 3 N–H and O–H groups in total. The summed E-state index contributed by atoms with van der Waals surface area (Å²) in [6.45, 7) is 0. The van der Waals surface area contributed by atoms with Crippen molar-refractivity contribution in [3.63, 3.8) is 0 Å². The highest BCUT2D eigenvalue weighted by Gasteiger charge is 2.26. The zero-order valence-corrected chi connectivity index (χ0v) is 9.79. The van der Waals surface area contributed by atoms with Crippen molar-refractivity contribution in [1.29, 1.82) is 0 Å². The van der Waals surface area contributed by atoms with Crippen LogP contribution in [0.1, 0.15) is 5.56 Å². The fourth-order valence-electron chi connectivity index (χ4n) is 2.06. The number of aromatic nitrogens is 2. The number of H-pyrrole nitrogens is 1. The highest BCUT2D eigenvalue weighted by atomic mass is 32.2. The summed E-state index contributed by atoms with van der Waals surface area (Å²) >= 11 is 0. The molecule has 6 heteroatoms.